The van der Waals surface area contributed by atoms with E-state index in [1.807, 2.05) is 30.5 Å². The molecule has 0 spiro atoms. The van der Waals surface area contributed by atoms with Crippen molar-refractivity contribution in [2.24, 2.45) is 0 Å². The Labute approximate surface area is 156 Å². The Morgan fingerprint density at radius 1 is 1.26 bits per heavy atom. The zero-order chi connectivity index (χ0) is 18.4. The molecule has 0 radical (unpaired) electrons. The Kier molecular flexibility index (Phi) is 3.84. The molecule has 0 amide bonds. The van der Waals surface area contributed by atoms with Crippen molar-refractivity contribution < 1.29 is 9.52 Å². The van der Waals surface area contributed by atoms with Crippen molar-refractivity contribution in [3.05, 3.63) is 48.4 Å². The van der Waals surface area contributed by atoms with Crippen LogP contribution >= 0.6 is 0 Å². The molecule has 7 nitrogen and oxygen atoms in total. The molecule has 0 aliphatic carbocycles. The van der Waals surface area contributed by atoms with Gasteiger partial charge in [0.15, 0.2) is 5.58 Å². The quantitative estimate of drug-likeness (QED) is 0.580. The number of oxazole rings is 1. The van der Waals surface area contributed by atoms with Gasteiger partial charge in [-0.2, -0.15) is 4.98 Å². The smallest absolute Gasteiger partial charge is 0.295 e. The largest absolute Gasteiger partial charge is 0.424 e. The van der Waals surface area contributed by atoms with Crippen molar-refractivity contribution >= 4 is 22.8 Å². The van der Waals surface area contributed by atoms with Crippen molar-refractivity contribution in [1.82, 2.24) is 19.3 Å². The van der Waals surface area contributed by atoms with Crippen molar-refractivity contribution in [1.29, 1.82) is 0 Å². The van der Waals surface area contributed by atoms with Crippen LogP contribution in [-0.4, -0.2) is 50.6 Å². The van der Waals surface area contributed by atoms with E-state index in [0.29, 0.717) is 6.01 Å². The minimum absolute atomic E-state index is 0.212. The Hall–Kier alpha value is -2.90. The topological polar surface area (TPSA) is 78.8 Å². The Balaban J connectivity index is 1.51. The van der Waals surface area contributed by atoms with Crippen molar-refractivity contribution in [2.75, 3.05) is 25.5 Å². The van der Waals surface area contributed by atoms with E-state index in [-0.39, 0.29) is 6.10 Å². The van der Waals surface area contributed by atoms with Crippen LogP contribution in [-0.2, 0) is 6.54 Å². The standard InChI is InChI=1S/C20H21N5O2/c1-21-20-23-17-8-13(2-4-18(17)27-20)14-3-5-19-22-9-15(25(19)10-14)11-24-7-6-16(26)12-24/h2-5,8-10,16,26H,6-7,11-12H2,1H3,(H,21,23). The lowest BCUT2D eigenvalue weighted by atomic mass is 10.1. The van der Waals surface area contributed by atoms with Gasteiger partial charge in [-0.3, -0.25) is 4.90 Å². The molecule has 1 aliphatic rings. The number of benzene rings is 1. The number of aromatic nitrogens is 3. The highest BCUT2D eigenvalue weighted by Crippen LogP contribution is 2.27. The molecule has 1 atom stereocenters. The van der Waals surface area contributed by atoms with Crippen LogP contribution in [0.3, 0.4) is 0 Å². The highest BCUT2D eigenvalue weighted by molar-refractivity contribution is 5.81. The summed E-state index contributed by atoms with van der Waals surface area (Å²) in [6.45, 7) is 2.43. The number of hydrogen-bond donors (Lipinski definition) is 2. The van der Waals surface area contributed by atoms with Gasteiger partial charge in [0.2, 0.25) is 0 Å². The average Bonchev–Trinajstić information content (AvgIpc) is 3.39. The van der Waals surface area contributed by atoms with E-state index >= 15 is 0 Å². The molecule has 3 aromatic heterocycles. The molecular weight excluding hydrogens is 342 g/mol. The fourth-order valence-corrected chi connectivity index (χ4v) is 3.72. The van der Waals surface area contributed by atoms with Crippen LogP contribution in [0.15, 0.2) is 47.1 Å². The first-order chi connectivity index (χ1) is 13.2. The molecule has 2 N–H and O–H groups in total. The number of pyridine rings is 1. The Morgan fingerprint density at radius 2 is 2.15 bits per heavy atom. The predicted molar refractivity (Wildman–Crippen MR) is 104 cm³/mol. The summed E-state index contributed by atoms with van der Waals surface area (Å²) in [4.78, 5) is 11.2. The van der Waals surface area contributed by atoms with Crippen LogP contribution in [0.1, 0.15) is 12.1 Å². The van der Waals surface area contributed by atoms with Gasteiger partial charge in [0.25, 0.3) is 6.01 Å². The molecule has 5 rings (SSSR count). The second-order valence-corrected chi connectivity index (χ2v) is 7.02. The van der Waals surface area contributed by atoms with Gasteiger partial charge in [-0.15, -0.1) is 0 Å². The van der Waals surface area contributed by atoms with Gasteiger partial charge < -0.3 is 19.2 Å². The first kappa shape index (κ1) is 16.3. The van der Waals surface area contributed by atoms with Gasteiger partial charge in [-0.1, -0.05) is 6.07 Å². The third-order valence-corrected chi connectivity index (χ3v) is 5.15. The fourth-order valence-electron chi connectivity index (χ4n) is 3.72. The average molecular weight is 363 g/mol. The van der Waals surface area contributed by atoms with Crippen molar-refractivity contribution in [2.45, 2.75) is 19.1 Å². The first-order valence-corrected chi connectivity index (χ1v) is 9.15. The van der Waals surface area contributed by atoms with E-state index < -0.39 is 0 Å². The lowest BCUT2D eigenvalue weighted by Crippen LogP contribution is -2.22. The van der Waals surface area contributed by atoms with Crippen molar-refractivity contribution in [3.8, 4) is 11.1 Å². The third kappa shape index (κ3) is 2.94. The number of nitrogens with zero attached hydrogens (tertiary/aromatic N) is 4. The molecular formula is C20H21N5O2. The second-order valence-electron chi connectivity index (χ2n) is 7.02. The maximum atomic E-state index is 9.76. The molecule has 1 unspecified atom stereocenters. The van der Waals surface area contributed by atoms with E-state index in [1.165, 1.54) is 0 Å². The maximum absolute atomic E-state index is 9.76. The Bertz CT molecular complexity index is 1120. The zero-order valence-corrected chi connectivity index (χ0v) is 15.1. The number of hydrogen-bond acceptors (Lipinski definition) is 6. The van der Waals surface area contributed by atoms with Crippen LogP contribution in [0.25, 0.3) is 27.9 Å². The molecule has 7 heteroatoms. The zero-order valence-electron chi connectivity index (χ0n) is 15.1. The van der Waals surface area contributed by atoms with Gasteiger partial charge in [0.1, 0.15) is 11.2 Å². The Morgan fingerprint density at radius 3 is 2.96 bits per heavy atom. The molecule has 4 aromatic rings. The minimum atomic E-state index is -0.212. The summed E-state index contributed by atoms with van der Waals surface area (Å²) in [5.74, 6) is 0. The lowest BCUT2D eigenvalue weighted by molar-refractivity contribution is 0.174. The lowest BCUT2D eigenvalue weighted by Gasteiger charge is -2.14. The number of rotatable bonds is 4. The summed E-state index contributed by atoms with van der Waals surface area (Å²) >= 11 is 0. The third-order valence-electron chi connectivity index (χ3n) is 5.15. The summed E-state index contributed by atoms with van der Waals surface area (Å²) in [6.07, 6.45) is 4.67. The maximum Gasteiger partial charge on any atom is 0.295 e. The number of β-amino-alcohol motifs (C(OH)–C–C–N with tert-alkyl or cyclic N) is 1. The molecule has 0 saturated carbocycles. The van der Waals surface area contributed by atoms with E-state index in [4.69, 9.17) is 4.42 Å². The van der Waals surface area contributed by atoms with Gasteiger partial charge >= 0.3 is 0 Å². The van der Waals surface area contributed by atoms with Crippen LogP contribution in [0.5, 0.6) is 0 Å². The van der Waals surface area contributed by atoms with Crippen LogP contribution < -0.4 is 5.32 Å². The summed E-state index contributed by atoms with van der Waals surface area (Å²) in [5, 5.41) is 12.7. The fraction of sp³-hybridized carbons (Fsp3) is 0.300. The van der Waals surface area contributed by atoms with E-state index in [1.54, 1.807) is 7.05 Å². The van der Waals surface area contributed by atoms with Crippen molar-refractivity contribution in [3.63, 3.8) is 0 Å². The number of nitrogens with one attached hydrogen (secondary N) is 1. The number of fused-ring (bicyclic) bond motifs is 2. The van der Waals surface area contributed by atoms with E-state index in [0.717, 1.165) is 59.6 Å². The van der Waals surface area contributed by atoms with Crippen LogP contribution in [0, 0.1) is 0 Å². The predicted octanol–water partition coefficient (Wildman–Crippen LogP) is 2.75. The molecule has 4 heterocycles. The molecule has 0 bridgehead atoms. The second kappa shape index (κ2) is 6.37. The van der Waals surface area contributed by atoms with Gasteiger partial charge in [0.05, 0.1) is 18.0 Å². The van der Waals surface area contributed by atoms with Crippen LogP contribution in [0.2, 0.25) is 0 Å². The number of likely N-dealkylation sites (tertiary alicyclic amines) is 1. The monoisotopic (exact) mass is 363 g/mol. The highest BCUT2D eigenvalue weighted by atomic mass is 16.4. The number of imidazole rings is 1. The van der Waals surface area contributed by atoms with Gasteiger partial charge in [-0.05, 0) is 41.8 Å². The molecule has 27 heavy (non-hydrogen) atoms. The van der Waals surface area contributed by atoms with Gasteiger partial charge in [-0.25, -0.2) is 4.98 Å². The summed E-state index contributed by atoms with van der Waals surface area (Å²) in [6, 6.07) is 10.6. The summed E-state index contributed by atoms with van der Waals surface area (Å²) in [7, 11) is 1.79. The number of aliphatic hydroxyl groups excluding tert-OH is 1. The van der Waals surface area contributed by atoms with E-state index in [2.05, 4.69) is 36.8 Å². The number of aliphatic hydroxyl groups is 1. The highest BCUT2D eigenvalue weighted by Gasteiger charge is 2.21. The first-order valence-electron chi connectivity index (χ1n) is 9.15. The van der Waals surface area contributed by atoms with Gasteiger partial charge in [0, 0.05) is 32.9 Å². The minimum Gasteiger partial charge on any atom is -0.424 e. The van der Waals surface area contributed by atoms with E-state index in [9.17, 15) is 5.11 Å². The summed E-state index contributed by atoms with van der Waals surface area (Å²) < 4.78 is 7.74. The molecule has 1 aromatic carbocycles. The summed E-state index contributed by atoms with van der Waals surface area (Å²) in [5.41, 5.74) is 5.82. The molecule has 1 fully saturated rings. The molecule has 1 saturated heterocycles. The normalized spacial score (nSPS) is 17.9. The SMILES string of the molecule is CNc1nc2cc(-c3ccc4ncc(CN5CCC(O)C5)n4c3)ccc2o1. The molecule has 138 valence electrons. The number of anilines is 1. The van der Waals surface area contributed by atoms with Crippen LogP contribution in [0.4, 0.5) is 6.01 Å². The molecule has 1 aliphatic heterocycles.